The van der Waals surface area contributed by atoms with Gasteiger partial charge in [-0.2, -0.15) is 0 Å². The number of hydrogen-bond acceptors (Lipinski definition) is 2. The number of hydrogen-bond donors (Lipinski definition) is 1. The molecule has 0 saturated carbocycles. The molecule has 0 aliphatic rings. The van der Waals surface area contributed by atoms with E-state index in [1.54, 1.807) is 0 Å². The van der Waals surface area contributed by atoms with Crippen molar-refractivity contribution in [3.05, 3.63) is 36.4 Å². The molecule has 0 aromatic heterocycles. The third kappa shape index (κ3) is 2.70. The molecule has 0 atom stereocenters. The largest absolute Gasteiger partial charge is 0.493 e. The minimum absolute atomic E-state index is 0.662. The highest BCUT2D eigenvalue weighted by Gasteiger charge is 2.04. The van der Waals surface area contributed by atoms with Crippen LogP contribution in [-0.4, -0.2) is 6.61 Å². The van der Waals surface area contributed by atoms with Gasteiger partial charge in [0, 0.05) is 16.5 Å². The van der Waals surface area contributed by atoms with Crippen LogP contribution in [0.2, 0.25) is 0 Å². The molecular formula is C15H19NO. The van der Waals surface area contributed by atoms with Crippen molar-refractivity contribution in [1.82, 2.24) is 0 Å². The fourth-order valence-electron chi connectivity index (χ4n) is 1.84. The van der Waals surface area contributed by atoms with Crippen LogP contribution in [0, 0.1) is 5.92 Å². The summed E-state index contributed by atoms with van der Waals surface area (Å²) in [6, 6.07) is 12.0. The van der Waals surface area contributed by atoms with Gasteiger partial charge in [-0.15, -0.1) is 0 Å². The van der Waals surface area contributed by atoms with E-state index >= 15 is 0 Å². The van der Waals surface area contributed by atoms with E-state index in [-0.39, 0.29) is 0 Å². The third-order valence-electron chi connectivity index (χ3n) is 2.87. The van der Waals surface area contributed by atoms with Gasteiger partial charge < -0.3 is 10.5 Å². The summed E-state index contributed by atoms with van der Waals surface area (Å²) in [6.45, 7) is 5.15. The predicted octanol–water partition coefficient (Wildman–Crippen LogP) is 3.85. The molecule has 0 aliphatic carbocycles. The Labute approximate surface area is 102 Å². The molecule has 0 unspecified atom stereocenters. The standard InChI is InChI=1S/C15H19NO/c1-11(2)9-10-17-15-8-4-5-12-13(15)6-3-7-14(12)16/h3-8,11H,9-10,16H2,1-2H3. The molecule has 0 heterocycles. The van der Waals surface area contributed by atoms with E-state index in [1.807, 2.05) is 30.3 Å². The maximum atomic E-state index is 5.95. The third-order valence-corrected chi connectivity index (χ3v) is 2.87. The first-order chi connectivity index (χ1) is 8.18. The number of rotatable bonds is 4. The van der Waals surface area contributed by atoms with Crippen LogP contribution in [0.5, 0.6) is 5.75 Å². The van der Waals surface area contributed by atoms with Gasteiger partial charge in [-0.1, -0.05) is 38.1 Å². The van der Waals surface area contributed by atoms with Crippen LogP contribution in [0.3, 0.4) is 0 Å². The van der Waals surface area contributed by atoms with E-state index < -0.39 is 0 Å². The SMILES string of the molecule is CC(C)CCOc1cccc2c(N)cccc12. The number of ether oxygens (including phenoxy) is 1. The van der Waals surface area contributed by atoms with Crippen molar-refractivity contribution in [3.8, 4) is 5.75 Å². The lowest BCUT2D eigenvalue weighted by Crippen LogP contribution is -2.01. The Bertz CT molecular complexity index is 505. The first-order valence-electron chi connectivity index (χ1n) is 6.08. The van der Waals surface area contributed by atoms with Gasteiger partial charge in [-0.3, -0.25) is 0 Å². The van der Waals surface area contributed by atoms with E-state index in [0.29, 0.717) is 5.92 Å². The van der Waals surface area contributed by atoms with Crippen molar-refractivity contribution in [2.75, 3.05) is 12.3 Å². The number of nitrogens with two attached hydrogens (primary N) is 1. The molecule has 2 aromatic carbocycles. The summed E-state index contributed by atoms with van der Waals surface area (Å²) in [4.78, 5) is 0. The zero-order chi connectivity index (χ0) is 12.3. The van der Waals surface area contributed by atoms with Crippen LogP contribution in [0.4, 0.5) is 5.69 Å². The molecule has 2 N–H and O–H groups in total. The van der Waals surface area contributed by atoms with Crippen molar-refractivity contribution < 1.29 is 4.74 Å². The van der Waals surface area contributed by atoms with Gasteiger partial charge in [0.25, 0.3) is 0 Å². The quantitative estimate of drug-likeness (QED) is 0.808. The van der Waals surface area contributed by atoms with E-state index in [0.717, 1.165) is 35.2 Å². The maximum absolute atomic E-state index is 5.95. The summed E-state index contributed by atoms with van der Waals surface area (Å²) >= 11 is 0. The van der Waals surface area contributed by atoms with Crippen LogP contribution >= 0.6 is 0 Å². The lowest BCUT2D eigenvalue weighted by Gasteiger charge is -2.11. The Balaban J connectivity index is 2.25. The van der Waals surface area contributed by atoms with Crippen molar-refractivity contribution in [1.29, 1.82) is 0 Å². The number of fused-ring (bicyclic) bond motifs is 1. The van der Waals surface area contributed by atoms with Crippen LogP contribution in [0.25, 0.3) is 10.8 Å². The van der Waals surface area contributed by atoms with Gasteiger partial charge in [0.15, 0.2) is 0 Å². The lowest BCUT2D eigenvalue weighted by atomic mass is 10.1. The zero-order valence-corrected chi connectivity index (χ0v) is 10.4. The average Bonchev–Trinajstić information content (AvgIpc) is 2.30. The van der Waals surface area contributed by atoms with Crippen LogP contribution in [0.1, 0.15) is 20.3 Å². The smallest absolute Gasteiger partial charge is 0.127 e. The second kappa shape index (κ2) is 5.09. The van der Waals surface area contributed by atoms with Crippen LogP contribution < -0.4 is 10.5 Å². The van der Waals surface area contributed by atoms with Crippen LogP contribution in [-0.2, 0) is 0 Å². The van der Waals surface area contributed by atoms with Gasteiger partial charge in [-0.05, 0) is 24.5 Å². The molecule has 2 heteroatoms. The fourth-order valence-corrected chi connectivity index (χ4v) is 1.84. The molecule has 0 spiro atoms. The summed E-state index contributed by atoms with van der Waals surface area (Å²) in [6.07, 6.45) is 1.07. The lowest BCUT2D eigenvalue weighted by molar-refractivity contribution is 0.292. The summed E-state index contributed by atoms with van der Waals surface area (Å²) in [7, 11) is 0. The van der Waals surface area contributed by atoms with Gasteiger partial charge >= 0.3 is 0 Å². The molecule has 17 heavy (non-hydrogen) atoms. The van der Waals surface area contributed by atoms with Gasteiger partial charge in [0.2, 0.25) is 0 Å². The van der Waals surface area contributed by atoms with Gasteiger partial charge in [-0.25, -0.2) is 0 Å². The summed E-state index contributed by atoms with van der Waals surface area (Å²) < 4.78 is 5.83. The summed E-state index contributed by atoms with van der Waals surface area (Å²) in [5.74, 6) is 1.59. The summed E-state index contributed by atoms with van der Waals surface area (Å²) in [5, 5.41) is 2.16. The van der Waals surface area contributed by atoms with Crippen molar-refractivity contribution in [2.45, 2.75) is 20.3 Å². The molecule has 0 amide bonds. The second-order valence-electron chi connectivity index (χ2n) is 4.73. The summed E-state index contributed by atoms with van der Waals surface area (Å²) in [5.41, 5.74) is 6.75. The minimum atomic E-state index is 0.662. The Kier molecular flexibility index (Phi) is 3.52. The average molecular weight is 229 g/mol. The minimum Gasteiger partial charge on any atom is -0.493 e. The topological polar surface area (TPSA) is 35.2 Å². The number of anilines is 1. The fraction of sp³-hybridized carbons (Fsp3) is 0.333. The molecule has 0 radical (unpaired) electrons. The maximum Gasteiger partial charge on any atom is 0.127 e. The molecule has 0 aliphatic heterocycles. The zero-order valence-electron chi connectivity index (χ0n) is 10.4. The Morgan fingerprint density at radius 3 is 2.53 bits per heavy atom. The van der Waals surface area contributed by atoms with Crippen LogP contribution in [0.15, 0.2) is 36.4 Å². The number of benzene rings is 2. The van der Waals surface area contributed by atoms with Gasteiger partial charge in [0.1, 0.15) is 5.75 Å². The van der Waals surface area contributed by atoms with E-state index in [9.17, 15) is 0 Å². The van der Waals surface area contributed by atoms with Crippen molar-refractivity contribution in [2.24, 2.45) is 5.92 Å². The van der Waals surface area contributed by atoms with E-state index in [2.05, 4.69) is 19.9 Å². The van der Waals surface area contributed by atoms with Gasteiger partial charge in [0.05, 0.1) is 6.61 Å². The monoisotopic (exact) mass is 229 g/mol. The second-order valence-corrected chi connectivity index (χ2v) is 4.73. The first-order valence-corrected chi connectivity index (χ1v) is 6.08. The highest BCUT2D eigenvalue weighted by molar-refractivity contribution is 5.96. The van der Waals surface area contributed by atoms with Crippen molar-refractivity contribution in [3.63, 3.8) is 0 Å². The Morgan fingerprint density at radius 1 is 1.06 bits per heavy atom. The Hall–Kier alpha value is -1.70. The first kappa shape index (κ1) is 11.8. The van der Waals surface area contributed by atoms with Crippen molar-refractivity contribution >= 4 is 16.5 Å². The highest BCUT2D eigenvalue weighted by Crippen LogP contribution is 2.29. The number of nitrogen functional groups attached to an aromatic ring is 1. The van der Waals surface area contributed by atoms with E-state index in [1.165, 1.54) is 0 Å². The molecule has 2 nitrogen and oxygen atoms in total. The molecule has 2 aromatic rings. The molecule has 0 fully saturated rings. The molecule has 0 saturated heterocycles. The molecule has 0 bridgehead atoms. The highest BCUT2D eigenvalue weighted by atomic mass is 16.5. The predicted molar refractivity (Wildman–Crippen MR) is 73.3 cm³/mol. The van der Waals surface area contributed by atoms with E-state index in [4.69, 9.17) is 10.5 Å². The molecule has 2 rings (SSSR count). The Morgan fingerprint density at radius 2 is 1.76 bits per heavy atom. The molecular weight excluding hydrogens is 210 g/mol. The normalized spacial score (nSPS) is 11.0. The molecule has 90 valence electrons.